The van der Waals surface area contributed by atoms with Crippen molar-refractivity contribution >= 4 is 23.2 Å². The summed E-state index contributed by atoms with van der Waals surface area (Å²) in [6.45, 7) is 4.23. The van der Waals surface area contributed by atoms with E-state index in [0.717, 1.165) is 0 Å². The number of amides is 2. The summed E-state index contributed by atoms with van der Waals surface area (Å²) in [5.41, 5.74) is 2.90. The lowest BCUT2D eigenvalue weighted by Gasteiger charge is -2.10. The van der Waals surface area contributed by atoms with E-state index < -0.39 is 5.91 Å². The van der Waals surface area contributed by atoms with Crippen LogP contribution in [0.4, 0.5) is 11.4 Å². The van der Waals surface area contributed by atoms with Gasteiger partial charge in [0.15, 0.2) is 0 Å². The summed E-state index contributed by atoms with van der Waals surface area (Å²) in [5.74, 6) is 0.227. The molecule has 1 aromatic heterocycles. The van der Waals surface area contributed by atoms with Crippen LogP contribution in [0.2, 0.25) is 0 Å². The third-order valence-corrected chi connectivity index (χ3v) is 4.45. The van der Waals surface area contributed by atoms with Crippen LogP contribution >= 0.6 is 0 Å². The Bertz CT molecular complexity index is 1010. The Morgan fingerprint density at radius 1 is 0.931 bits per heavy atom. The van der Waals surface area contributed by atoms with Crippen LogP contribution in [0.3, 0.4) is 0 Å². The van der Waals surface area contributed by atoms with Gasteiger partial charge in [-0.1, -0.05) is 38.1 Å². The second-order valence-electron chi connectivity index (χ2n) is 6.81. The van der Waals surface area contributed by atoms with Crippen molar-refractivity contribution < 1.29 is 14.3 Å². The van der Waals surface area contributed by atoms with E-state index in [2.05, 4.69) is 29.5 Å². The first-order valence-electron chi connectivity index (χ1n) is 9.29. The number of carbonyl (C=O) groups is 2. The van der Waals surface area contributed by atoms with Crippen LogP contribution in [0.5, 0.6) is 5.75 Å². The molecule has 0 aliphatic carbocycles. The number of rotatable bonds is 6. The summed E-state index contributed by atoms with van der Waals surface area (Å²) in [4.78, 5) is 29.2. The van der Waals surface area contributed by atoms with E-state index in [4.69, 9.17) is 4.74 Å². The number of aromatic nitrogens is 1. The molecule has 0 bridgehead atoms. The fourth-order valence-corrected chi connectivity index (χ4v) is 2.78. The second kappa shape index (κ2) is 9.01. The number of nitrogens with zero attached hydrogens (tertiary/aromatic N) is 1. The summed E-state index contributed by atoms with van der Waals surface area (Å²) in [5, 5.41) is 5.59. The van der Waals surface area contributed by atoms with Gasteiger partial charge in [0.25, 0.3) is 11.8 Å². The lowest BCUT2D eigenvalue weighted by Crippen LogP contribution is -2.17. The topological polar surface area (TPSA) is 80.3 Å². The third kappa shape index (κ3) is 4.99. The molecule has 0 spiro atoms. The normalized spacial score (nSPS) is 10.5. The molecule has 6 heteroatoms. The van der Waals surface area contributed by atoms with E-state index in [0.29, 0.717) is 28.6 Å². The third-order valence-electron chi connectivity index (χ3n) is 4.45. The maximum atomic E-state index is 12.6. The number of carbonyl (C=O) groups excluding carboxylic acids is 2. The number of ether oxygens (including phenoxy) is 1. The van der Waals surface area contributed by atoms with Crippen LogP contribution in [0.15, 0.2) is 66.9 Å². The highest BCUT2D eigenvalue weighted by Gasteiger charge is 2.14. The minimum absolute atomic E-state index is 0.138. The Hall–Kier alpha value is -3.67. The van der Waals surface area contributed by atoms with E-state index in [1.165, 1.54) is 24.9 Å². The predicted molar refractivity (Wildman–Crippen MR) is 114 cm³/mol. The van der Waals surface area contributed by atoms with Gasteiger partial charge in [0, 0.05) is 17.4 Å². The average molecular weight is 389 g/mol. The lowest BCUT2D eigenvalue weighted by atomic mass is 10.0. The molecule has 0 saturated heterocycles. The molecule has 3 rings (SSSR count). The van der Waals surface area contributed by atoms with Gasteiger partial charge in [-0.15, -0.1) is 0 Å². The van der Waals surface area contributed by atoms with Gasteiger partial charge in [-0.2, -0.15) is 0 Å². The van der Waals surface area contributed by atoms with Crippen molar-refractivity contribution in [2.75, 3.05) is 17.7 Å². The van der Waals surface area contributed by atoms with Crippen molar-refractivity contribution in [3.63, 3.8) is 0 Å². The molecule has 0 unspecified atom stereocenters. The average Bonchev–Trinajstić information content (AvgIpc) is 2.74. The molecule has 0 fully saturated rings. The van der Waals surface area contributed by atoms with Crippen molar-refractivity contribution in [3.05, 3.63) is 83.7 Å². The van der Waals surface area contributed by atoms with Crippen LogP contribution < -0.4 is 15.4 Å². The molecular formula is C23H23N3O3. The fraction of sp³-hybridized carbons (Fsp3) is 0.174. The van der Waals surface area contributed by atoms with Gasteiger partial charge in [0.05, 0.1) is 12.8 Å². The van der Waals surface area contributed by atoms with Crippen LogP contribution in [0, 0.1) is 0 Å². The first-order chi connectivity index (χ1) is 14.0. The zero-order valence-electron chi connectivity index (χ0n) is 16.6. The summed E-state index contributed by atoms with van der Waals surface area (Å²) >= 11 is 0. The zero-order chi connectivity index (χ0) is 20.8. The van der Waals surface area contributed by atoms with E-state index in [1.54, 1.807) is 24.3 Å². The van der Waals surface area contributed by atoms with E-state index in [-0.39, 0.29) is 11.6 Å². The molecule has 0 saturated carbocycles. The maximum absolute atomic E-state index is 12.6. The molecular weight excluding hydrogens is 366 g/mol. The highest BCUT2D eigenvalue weighted by atomic mass is 16.5. The van der Waals surface area contributed by atoms with E-state index in [9.17, 15) is 9.59 Å². The molecule has 0 aliphatic heterocycles. The van der Waals surface area contributed by atoms with Crippen molar-refractivity contribution in [1.82, 2.24) is 4.98 Å². The van der Waals surface area contributed by atoms with Gasteiger partial charge in [-0.25, -0.2) is 0 Å². The monoisotopic (exact) mass is 389 g/mol. The molecule has 1 heterocycles. The summed E-state index contributed by atoms with van der Waals surface area (Å²) in [6, 6.07) is 17.8. The predicted octanol–water partition coefficient (Wildman–Crippen LogP) is 4.72. The number of hydrogen-bond acceptors (Lipinski definition) is 4. The van der Waals surface area contributed by atoms with Gasteiger partial charge < -0.3 is 15.4 Å². The zero-order valence-corrected chi connectivity index (χ0v) is 16.6. The van der Waals surface area contributed by atoms with Crippen molar-refractivity contribution in [1.29, 1.82) is 0 Å². The number of pyridine rings is 1. The largest absolute Gasteiger partial charge is 0.495 e. The highest BCUT2D eigenvalue weighted by Crippen LogP contribution is 2.23. The Labute approximate surface area is 169 Å². The van der Waals surface area contributed by atoms with E-state index in [1.807, 2.05) is 30.3 Å². The smallest absolute Gasteiger partial charge is 0.274 e. The summed E-state index contributed by atoms with van der Waals surface area (Å²) in [7, 11) is 1.53. The standard InChI is InChI=1S/C23H23N3O3/c1-15(2)16-8-10-18(11-9-16)25-22(27)17-12-13-24-20(14-17)23(28)26-19-6-4-5-7-21(19)29-3/h4-15H,1-3H3,(H,25,27)(H,26,28). The van der Waals surface area contributed by atoms with Crippen LogP contribution in [0.25, 0.3) is 0 Å². The minimum Gasteiger partial charge on any atom is -0.495 e. The fourth-order valence-electron chi connectivity index (χ4n) is 2.78. The number of anilines is 2. The number of methoxy groups -OCH3 is 1. The van der Waals surface area contributed by atoms with E-state index >= 15 is 0 Å². The molecule has 148 valence electrons. The van der Waals surface area contributed by atoms with Gasteiger partial charge >= 0.3 is 0 Å². The molecule has 0 radical (unpaired) electrons. The molecule has 0 aliphatic rings. The van der Waals surface area contributed by atoms with Gasteiger partial charge in [0.2, 0.25) is 0 Å². The molecule has 2 amide bonds. The number of nitrogens with one attached hydrogen (secondary N) is 2. The molecule has 3 aromatic rings. The van der Waals surface area contributed by atoms with Crippen molar-refractivity contribution in [2.24, 2.45) is 0 Å². The second-order valence-corrected chi connectivity index (χ2v) is 6.81. The lowest BCUT2D eigenvalue weighted by molar-refractivity contribution is 0.102. The quantitative estimate of drug-likeness (QED) is 0.639. The number of hydrogen-bond donors (Lipinski definition) is 2. The van der Waals surface area contributed by atoms with Gasteiger partial charge in [0.1, 0.15) is 11.4 Å². The highest BCUT2D eigenvalue weighted by molar-refractivity contribution is 6.08. The Morgan fingerprint density at radius 3 is 2.34 bits per heavy atom. The van der Waals surface area contributed by atoms with Crippen LogP contribution in [0.1, 0.15) is 46.2 Å². The molecule has 29 heavy (non-hydrogen) atoms. The number of para-hydroxylation sites is 2. The minimum atomic E-state index is -0.426. The van der Waals surface area contributed by atoms with Gasteiger partial charge in [-0.05, 0) is 47.9 Å². The van der Waals surface area contributed by atoms with Gasteiger partial charge in [-0.3, -0.25) is 14.6 Å². The van der Waals surface area contributed by atoms with Crippen LogP contribution in [-0.4, -0.2) is 23.9 Å². The van der Waals surface area contributed by atoms with Crippen molar-refractivity contribution in [3.8, 4) is 5.75 Å². The number of benzene rings is 2. The molecule has 0 atom stereocenters. The Morgan fingerprint density at radius 2 is 1.66 bits per heavy atom. The summed E-state index contributed by atoms with van der Waals surface area (Å²) < 4.78 is 5.23. The summed E-state index contributed by atoms with van der Waals surface area (Å²) in [6.07, 6.45) is 1.44. The van der Waals surface area contributed by atoms with Crippen molar-refractivity contribution in [2.45, 2.75) is 19.8 Å². The molecule has 2 N–H and O–H groups in total. The first kappa shape index (κ1) is 20.1. The first-order valence-corrected chi connectivity index (χ1v) is 9.29. The Balaban J connectivity index is 1.72. The Kier molecular flexibility index (Phi) is 6.24. The molecule has 6 nitrogen and oxygen atoms in total. The van der Waals surface area contributed by atoms with Crippen LogP contribution in [-0.2, 0) is 0 Å². The maximum Gasteiger partial charge on any atom is 0.274 e. The molecule has 2 aromatic carbocycles. The SMILES string of the molecule is COc1ccccc1NC(=O)c1cc(C(=O)Nc2ccc(C(C)C)cc2)ccn1.